The van der Waals surface area contributed by atoms with Gasteiger partial charge in [-0.3, -0.25) is 4.79 Å². The summed E-state index contributed by atoms with van der Waals surface area (Å²) in [4.78, 5) is 16.5. The number of amides is 1. The number of anilines is 1. The Morgan fingerprint density at radius 3 is 2.88 bits per heavy atom. The van der Waals surface area contributed by atoms with Crippen molar-refractivity contribution in [3.63, 3.8) is 0 Å². The maximum atomic E-state index is 12.5. The summed E-state index contributed by atoms with van der Waals surface area (Å²) >= 11 is 0. The Kier molecular flexibility index (Phi) is 4.28. The number of pyridine rings is 1. The van der Waals surface area contributed by atoms with Gasteiger partial charge in [-0.15, -0.1) is 5.10 Å². The van der Waals surface area contributed by atoms with Gasteiger partial charge in [-0.05, 0) is 31.9 Å². The molecule has 2 heterocycles. The summed E-state index contributed by atoms with van der Waals surface area (Å²) in [6, 6.07) is 5.28. The molecular weight excluding hydrogens is 308 g/mol. The number of aryl methyl sites for hydroxylation is 1. The Morgan fingerprint density at radius 1 is 1.33 bits per heavy atom. The third-order valence-electron chi connectivity index (χ3n) is 3.72. The molecule has 1 aliphatic rings. The lowest BCUT2D eigenvalue weighted by Crippen LogP contribution is -2.22. The van der Waals surface area contributed by atoms with Gasteiger partial charge in [0.25, 0.3) is 5.91 Å². The van der Waals surface area contributed by atoms with Crippen molar-refractivity contribution in [2.24, 2.45) is 21.7 Å². The lowest BCUT2D eigenvalue weighted by Gasteiger charge is -2.11. The molecule has 0 fully saturated rings. The first-order valence-corrected chi connectivity index (χ1v) is 7.56. The Bertz CT molecular complexity index is 819. The molecule has 5 N–H and O–H groups in total. The topological polar surface area (TPSA) is 132 Å². The summed E-state index contributed by atoms with van der Waals surface area (Å²) in [7, 11) is 0. The van der Waals surface area contributed by atoms with Crippen molar-refractivity contribution in [3.05, 3.63) is 47.0 Å². The highest BCUT2D eigenvalue weighted by molar-refractivity contribution is 6.09. The summed E-state index contributed by atoms with van der Waals surface area (Å²) in [5.41, 5.74) is 12.9. The molecule has 124 valence electrons. The Hall–Kier alpha value is -3.16. The predicted molar refractivity (Wildman–Crippen MR) is 90.9 cm³/mol. The van der Waals surface area contributed by atoms with E-state index < -0.39 is 0 Å². The van der Waals surface area contributed by atoms with Crippen LogP contribution in [0.1, 0.15) is 40.3 Å². The van der Waals surface area contributed by atoms with Crippen LogP contribution in [-0.4, -0.2) is 22.6 Å². The summed E-state index contributed by atoms with van der Waals surface area (Å²) in [5, 5.41) is 10.5. The van der Waals surface area contributed by atoms with Gasteiger partial charge in [0.05, 0.1) is 5.71 Å². The normalized spacial score (nSPS) is 15.0. The highest BCUT2D eigenvalue weighted by atomic mass is 16.4. The number of aromatic nitrogens is 1. The summed E-state index contributed by atoms with van der Waals surface area (Å²) < 4.78 is 5.78. The number of nitrogens with two attached hydrogens (primary N) is 2. The van der Waals surface area contributed by atoms with E-state index in [9.17, 15) is 4.79 Å². The first kappa shape index (κ1) is 15.7. The average Bonchev–Trinajstić information content (AvgIpc) is 2.91. The molecule has 0 radical (unpaired) electrons. The number of nitrogens with one attached hydrogen (secondary N) is 1. The van der Waals surface area contributed by atoms with Crippen molar-refractivity contribution in [3.8, 4) is 0 Å². The standard InChI is InChI=1S/C16H18N6O2/c1-9-13-10(21-22-16(17)18)5-4-6-11(13)24-14(9)15(23)20-12-7-2-3-8-19-12/h2-3,7-8H,4-6H2,1H3,(H4,17,18,22)(H,19,20,23)/b21-10+. The molecular formula is C16H18N6O2. The number of guanidine groups is 1. The van der Waals surface area contributed by atoms with E-state index >= 15 is 0 Å². The van der Waals surface area contributed by atoms with Crippen LogP contribution in [0.3, 0.4) is 0 Å². The molecule has 8 heteroatoms. The molecule has 0 bridgehead atoms. The fourth-order valence-corrected chi connectivity index (χ4v) is 2.71. The first-order valence-electron chi connectivity index (χ1n) is 7.56. The van der Waals surface area contributed by atoms with Crippen molar-refractivity contribution in [1.29, 1.82) is 0 Å². The maximum absolute atomic E-state index is 12.5. The molecule has 0 spiro atoms. The number of hydrogen-bond acceptors (Lipinski definition) is 5. The van der Waals surface area contributed by atoms with E-state index in [0.717, 1.165) is 41.9 Å². The lowest BCUT2D eigenvalue weighted by molar-refractivity contribution is 0.0993. The number of furan rings is 1. The molecule has 0 aromatic carbocycles. The van der Waals surface area contributed by atoms with Crippen LogP contribution in [0, 0.1) is 6.92 Å². The van der Waals surface area contributed by atoms with Gasteiger partial charge in [0.2, 0.25) is 5.96 Å². The van der Waals surface area contributed by atoms with Gasteiger partial charge in [0.15, 0.2) is 5.76 Å². The number of carbonyl (C=O) groups is 1. The fraction of sp³-hybridized carbons (Fsp3) is 0.250. The molecule has 8 nitrogen and oxygen atoms in total. The van der Waals surface area contributed by atoms with Crippen LogP contribution in [0.5, 0.6) is 0 Å². The monoisotopic (exact) mass is 326 g/mol. The van der Waals surface area contributed by atoms with Gasteiger partial charge in [0, 0.05) is 23.7 Å². The smallest absolute Gasteiger partial charge is 0.292 e. The zero-order valence-corrected chi connectivity index (χ0v) is 13.2. The van der Waals surface area contributed by atoms with Gasteiger partial charge in [-0.1, -0.05) is 6.07 Å². The lowest BCUT2D eigenvalue weighted by atomic mass is 9.93. The predicted octanol–water partition coefficient (Wildman–Crippen LogP) is 1.55. The quantitative estimate of drug-likeness (QED) is 0.447. The molecule has 1 aliphatic carbocycles. The Balaban J connectivity index is 1.93. The largest absolute Gasteiger partial charge is 0.455 e. The zero-order valence-electron chi connectivity index (χ0n) is 13.2. The van der Waals surface area contributed by atoms with E-state index in [-0.39, 0.29) is 17.6 Å². The minimum Gasteiger partial charge on any atom is -0.455 e. The minimum atomic E-state index is -0.346. The van der Waals surface area contributed by atoms with Crippen LogP contribution < -0.4 is 16.8 Å². The van der Waals surface area contributed by atoms with E-state index in [1.807, 2.05) is 6.92 Å². The van der Waals surface area contributed by atoms with Gasteiger partial charge >= 0.3 is 0 Å². The third-order valence-corrected chi connectivity index (χ3v) is 3.72. The van der Waals surface area contributed by atoms with Crippen LogP contribution >= 0.6 is 0 Å². The molecule has 0 saturated heterocycles. The molecule has 0 aliphatic heterocycles. The van der Waals surface area contributed by atoms with Gasteiger partial charge < -0.3 is 21.2 Å². The van der Waals surface area contributed by atoms with Crippen LogP contribution in [0.25, 0.3) is 0 Å². The molecule has 0 atom stereocenters. The fourth-order valence-electron chi connectivity index (χ4n) is 2.71. The van der Waals surface area contributed by atoms with Gasteiger partial charge in [-0.25, -0.2) is 4.98 Å². The van der Waals surface area contributed by atoms with Crippen LogP contribution in [0.4, 0.5) is 5.82 Å². The van der Waals surface area contributed by atoms with Crippen LogP contribution in [-0.2, 0) is 6.42 Å². The second kappa shape index (κ2) is 6.53. The van der Waals surface area contributed by atoms with E-state index in [4.69, 9.17) is 15.9 Å². The minimum absolute atomic E-state index is 0.108. The number of fused-ring (bicyclic) bond motifs is 1. The van der Waals surface area contributed by atoms with Crippen LogP contribution in [0.2, 0.25) is 0 Å². The van der Waals surface area contributed by atoms with Crippen molar-refractivity contribution in [2.45, 2.75) is 26.2 Å². The number of hydrogen-bond donors (Lipinski definition) is 3. The maximum Gasteiger partial charge on any atom is 0.292 e. The summed E-state index contributed by atoms with van der Waals surface area (Å²) in [6.45, 7) is 1.83. The van der Waals surface area contributed by atoms with Crippen molar-refractivity contribution in [1.82, 2.24) is 4.98 Å². The van der Waals surface area contributed by atoms with Gasteiger partial charge in [0.1, 0.15) is 11.6 Å². The molecule has 0 unspecified atom stereocenters. The van der Waals surface area contributed by atoms with E-state index in [2.05, 4.69) is 20.5 Å². The molecule has 3 rings (SSSR count). The van der Waals surface area contributed by atoms with E-state index in [1.165, 1.54) is 0 Å². The molecule has 0 saturated carbocycles. The molecule has 24 heavy (non-hydrogen) atoms. The van der Waals surface area contributed by atoms with Crippen LogP contribution in [0.15, 0.2) is 39.0 Å². The molecule has 1 amide bonds. The average molecular weight is 326 g/mol. The number of nitrogens with zero attached hydrogens (tertiary/aromatic N) is 3. The Labute approximate surface area is 138 Å². The van der Waals surface area contributed by atoms with Gasteiger partial charge in [-0.2, -0.15) is 5.10 Å². The Morgan fingerprint density at radius 2 is 2.17 bits per heavy atom. The highest BCUT2D eigenvalue weighted by Crippen LogP contribution is 2.30. The second-order valence-electron chi connectivity index (χ2n) is 5.45. The third kappa shape index (κ3) is 3.12. The summed E-state index contributed by atoms with van der Waals surface area (Å²) in [5.74, 6) is 0.996. The SMILES string of the molecule is Cc1c(C(=O)Nc2ccccn2)oc2c1/C(=N/N=C(N)N)CCC2. The van der Waals surface area contributed by atoms with E-state index in [1.54, 1.807) is 24.4 Å². The molecule has 2 aromatic heterocycles. The van der Waals surface area contributed by atoms with Crippen molar-refractivity contribution >= 4 is 23.4 Å². The number of carbonyl (C=O) groups excluding carboxylic acids is 1. The highest BCUT2D eigenvalue weighted by Gasteiger charge is 2.28. The first-order chi connectivity index (χ1) is 11.6. The van der Waals surface area contributed by atoms with E-state index in [0.29, 0.717) is 5.82 Å². The summed E-state index contributed by atoms with van der Waals surface area (Å²) in [6.07, 6.45) is 3.94. The van der Waals surface area contributed by atoms with Crippen molar-refractivity contribution < 1.29 is 9.21 Å². The second-order valence-corrected chi connectivity index (χ2v) is 5.45. The zero-order chi connectivity index (χ0) is 17.1. The molecule has 2 aromatic rings. The number of rotatable bonds is 3. The van der Waals surface area contributed by atoms with Crippen molar-refractivity contribution in [2.75, 3.05) is 5.32 Å².